The minimum Gasteiger partial charge on any atom is -0.380 e. The predicted octanol–water partition coefficient (Wildman–Crippen LogP) is 2.64. The van der Waals surface area contributed by atoms with Crippen molar-refractivity contribution in [1.29, 1.82) is 0 Å². The molecule has 0 aromatic carbocycles. The van der Waals surface area contributed by atoms with Gasteiger partial charge in [-0.2, -0.15) is 0 Å². The van der Waals surface area contributed by atoms with E-state index in [1.807, 2.05) is 6.07 Å². The average molecular weight is 348 g/mol. The lowest BCUT2D eigenvalue weighted by Gasteiger charge is -2.23. The molecular formula is C12H14ClN3O3S2. The van der Waals surface area contributed by atoms with Crippen molar-refractivity contribution in [3.05, 3.63) is 26.6 Å². The van der Waals surface area contributed by atoms with Crippen LogP contribution in [0.5, 0.6) is 0 Å². The number of anilines is 1. The molecule has 0 spiro atoms. The summed E-state index contributed by atoms with van der Waals surface area (Å²) in [6.45, 7) is 1.52. The number of nitrogens with two attached hydrogens (primary N) is 1. The third-order valence-corrected chi connectivity index (χ3v) is 6.45. The van der Waals surface area contributed by atoms with E-state index in [4.69, 9.17) is 21.9 Å². The Kier molecular flexibility index (Phi) is 3.73. The molecule has 114 valence electrons. The number of aromatic nitrogens is 1. The minimum absolute atomic E-state index is 0.0871. The maximum absolute atomic E-state index is 12.5. The summed E-state index contributed by atoms with van der Waals surface area (Å²) in [5.74, 6) is 0.0544. The first-order chi connectivity index (χ1) is 9.88. The molecule has 21 heavy (non-hydrogen) atoms. The summed E-state index contributed by atoms with van der Waals surface area (Å²) in [4.78, 5) is 1.05. The third-order valence-electron chi connectivity index (χ3n) is 3.48. The van der Waals surface area contributed by atoms with Crippen LogP contribution in [0.2, 0.25) is 4.34 Å². The van der Waals surface area contributed by atoms with Gasteiger partial charge in [0, 0.05) is 10.9 Å². The molecule has 0 radical (unpaired) electrons. The molecule has 3 N–H and O–H groups in total. The van der Waals surface area contributed by atoms with Crippen molar-refractivity contribution >= 4 is 38.8 Å². The summed E-state index contributed by atoms with van der Waals surface area (Å²) in [5.41, 5.74) is 6.54. The molecule has 2 aromatic rings. The summed E-state index contributed by atoms with van der Waals surface area (Å²) in [5, 5.41) is 3.49. The van der Waals surface area contributed by atoms with Gasteiger partial charge >= 0.3 is 0 Å². The molecule has 1 unspecified atom stereocenters. The molecule has 1 aliphatic rings. The molecule has 2 heterocycles. The number of nitrogens with zero attached hydrogens (tertiary/aromatic N) is 1. The van der Waals surface area contributed by atoms with Crippen LogP contribution in [0.25, 0.3) is 0 Å². The first kappa shape index (κ1) is 14.8. The third kappa shape index (κ3) is 2.68. The fourth-order valence-electron chi connectivity index (χ4n) is 2.60. The van der Waals surface area contributed by atoms with E-state index in [9.17, 15) is 8.42 Å². The number of halogens is 1. The Balaban J connectivity index is 1.94. The van der Waals surface area contributed by atoms with Crippen LogP contribution in [-0.2, 0) is 16.4 Å². The fraction of sp³-hybridized carbons (Fsp3) is 0.417. The number of nitrogen functional groups attached to an aromatic ring is 1. The molecule has 0 saturated carbocycles. The van der Waals surface area contributed by atoms with Crippen molar-refractivity contribution in [1.82, 2.24) is 9.88 Å². The van der Waals surface area contributed by atoms with Gasteiger partial charge in [-0.15, -0.1) is 11.3 Å². The molecule has 9 heteroatoms. The quantitative estimate of drug-likeness (QED) is 0.889. The van der Waals surface area contributed by atoms with Crippen molar-refractivity contribution in [2.45, 2.75) is 37.1 Å². The van der Waals surface area contributed by atoms with E-state index in [0.29, 0.717) is 4.34 Å². The van der Waals surface area contributed by atoms with Crippen LogP contribution in [0, 0.1) is 6.92 Å². The van der Waals surface area contributed by atoms with Crippen molar-refractivity contribution in [2.75, 3.05) is 5.73 Å². The van der Waals surface area contributed by atoms with E-state index in [-0.39, 0.29) is 22.5 Å². The van der Waals surface area contributed by atoms with Gasteiger partial charge < -0.3 is 10.3 Å². The number of hydrogen-bond acceptors (Lipinski definition) is 6. The van der Waals surface area contributed by atoms with Crippen LogP contribution in [-0.4, -0.2) is 13.6 Å². The summed E-state index contributed by atoms with van der Waals surface area (Å²) >= 11 is 7.53. The lowest BCUT2D eigenvalue weighted by Crippen LogP contribution is -2.31. The van der Waals surface area contributed by atoms with Crippen LogP contribution >= 0.6 is 22.9 Å². The molecule has 0 saturated heterocycles. The smallest absolute Gasteiger partial charge is 0.248 e. The van der Waals surface area contributed by atoms with Gasteiger partial charge in [0.2, 0.25) is 10.0 Å². The second kappa shape index (κ2) is 5.28. The Morgan fingerprint density at radius 1 is 1.57 bits per heavy atom. The van der Waals surface area contributed by atoms with Crippen LogP contribution in [0.3, 0.4) is 0 Å². The topological polar surface area (TPSA) is 98.2 Å². The van der Waals surface area contributed by atoms with Crippen molar-refractivity contribution in [3.63, 3.8) is 0 Å². The highest BCUT2D eigenvalue weighted by Gasteiger charge is 2.31. The summed E-state index contributed by atoms with van der Waals surface area (Å²) in [6.07, 6.45) is 2.57. The molecule has 0 aliphatic heterocycles. The van der Waals surface area contributed by atoms with E-state index in [2.05, 4.69) is 9.88 Å². The molecule has 1 atom stereocenters. The molecule has 0 bridgehead atoms. The van der Waals surface area contributed by atoms with Gasteiger partial charge in [-0.25, -0.2) is 13.1 Å². The Labute approximate surface area is 131 Å². The van der Waals surface area contributed by atoms with E-state index in [0.717, 1.165) is 29.7 Å². The lowest BCUT2D eigenvalue weighted by molar-refractivity contribution is 0.396. The van der Waals surface area contributed by atoms with E-state index in [1.165, 1.54) is 18.3 Å². The van der Waals surface area contributed by atoms with Crippen molar-refractivity contribution < 1.29 is 12.9 Å². The second-order valence-electron chi connectivity index (χ2n) is 4.95. The maximum Gasteiger partial charge on any atom is 0.248 e. The zero-order chi connectivity index (χ0) is 15.2. The number of fused-ring (bicyclic) bond motifs is 1. The number of rotatable bonds is 3. The van der Waals surface area contributed by atoms with Crippen LogP contribution in [0.1, 0.15) is 35.1 Å². The molecule has 3 rings (SSSR count). The molecule has 1 aliphatic carbocycles. The van der Waals surface area contributed by atoms with E-state index < -0.39 is 10.0 Å². The number of thiophene rings is 1. The SMILES string of the molecule is Cc1onc(N)c1S(=O)(=O)NC1CCCc2sc(Cl)cc21. The van der Waals surface area contributed by atoms with Gasteiger partial charge in [0.25, 0.3) is 0 Å². The normalized spacial score (nSPS) is 18.7. The van der Waals surface area contributed by atoms with Crippen molar-refractivity contribution in [3.8, 4) is 0 Å². The highest BCUT2D eigenvalue weighted by atomic mass is 35.5. The molecule has 2 aromatic heterocycles. The molecule has 6 nitrogen and oxygen atoms in total. The van der Waals surface area contributed by atoms with Crippen LogP contribution in [0.15, 0.2) is 15.5 Å². The number of aryl methyl sites for hydroxylation is 2. The fourth-order valence-corrected chi connectivity index (χ4v) is 5.45. The van der Waals surface area contributed by atoms with Gasteiger partial charge in [0.15, 0.2) is 16.5 Å². The zero-order valence-corrected chi connectivity index (χ0v) is 13.6. The second-order valence-corrected chi connectivity index (χ2v) is 8.37. The number of sulfonamides is 1. The van der Waals surface area contributed by atoms with Gasteiger partial charge in [0.05, 0.1) is 4.34 Å². The minimum atomic E-state index is -3.78. The molecule has 0 amide bonds. The zero-order valence-electron chi connectivity index (χ0n) is 11.2. The number of hydrogen-bond donors (Lipinski definition) is 2. The highest BCUT2D eigenvalue weighted by Crippen LogP contribution is 2.38. The average Bonchev–Trinajstić information content (AvgIpc) is 2.92. The van der Waals surface area contributed by atoms with Crippen LogP contribution in [0.4, 0.5) is 5.82 Å². The summed E-state index contributed by atoms with van der Waals surface area (Å²) < 4.78 is 33.2. The monoisotopic (exact) mass is 347 g/mol. The Morgan fingerprint density at radius 3 is 3.00 bits per heavy atom. The lowest BCUT2D eigenvalue weighted by atomic mass is 9.95. The van der Waals surface area contributed by atoms with Gasteiger partial charge in [-0.3, -0.25) is 0 Å². The van der Waals surface area contributed by atoms with Crippen molar-refractivity contribution in [2.24, 2.45) is 0 Å². The maximum atomic E-state index is 12.5. The summed E-state index contributed by atoms with van der Waals surface area (Å²) in [6, 6.07) is 1.54. The predicted molar refractivity (Wildman–Crippen MR) is 81.0 cm³/mol. The Bertz CT molecular complexity index is 762. The Hall–Kier alpha value is -1.09. The van der Waals surface area contributed by atoms with E-state index >= 15 is 0 Å². The molecular weight excluding hydrogens is 334 g/mol. The van der Waals surface area contributed by atoms with Gasteiger partial charge in [0.1, 0.15) is 0 Å². The summed E-state index contributed by atoms with van der Waals surface area (Å²) in [7, 11) is -3.78. The van der Waals surface area contributed by atoms with Crippen LogP contribution < -0.4 is 10.5 Å². The number of nitrogens with one attached hydrogen (secondary N) is 1. The standard InChI is InChI=1S/C12H14ClN3O3S2/c1-6-11(12(14)15-19-6)21(17,18)16-8-3-2-4-9-7(8)5-10(13)20-9/h5,8,16H,2-4H2,1H3,(H2,14,15). The largest absolute Gasteiger partial charge is 0.380 e. The van der Waals surface area contributed by atoms with Gasteiger partial charge in [-0.05, 0) is 37.8 Å². The first-order valence-electron chi connectivity index (χ1n) is 6.40. The van der Waals surface area contributed by atoms with Gasteiger partial charge in [-0.1, -0.05) is 16.8 Å². The highest BCUT2D eigenvalue weighted by molar-refractivity contribution is 7.89. The first-order valence-corrected chi connectivity index (χ1v) is 9.08. The molecule has 0 fully saturated rings. The van der Waals surface area contributed by atoms with E-state index in [1.54, 1.807) is 0 Å². The Morgan fingerprint density at radius 2 is 2.33 bits per heavy atom.